The van der Waals surface area contributed by atoms with E-state index in [-0.39, 0.29) is 5.56 Å². The van der Waals surface area contributed by atoms with E-state index in [1.54, 1.807) is 6.07 Å². The van der Waals surface area contributed by atoms with Crippen molar-refractivity contribution in [2.45, 2.75) is 25.8 Å². The van der Waals surface area contributed by atoms with Crippen molar-refractivity contribution in [3.8, 4) is 11.4 Å². The Kier molecular flexibility index (Phi) is 6.56. The molecule has 9 heteroatoms. The van der Waals surface area contributed by atoms with Crippen LogP contribution in [0.15, 0.2) is 41.2 Å². The Morgan fingerprint density at radius 1 is 1.05 bits per heavy atom. The molecule has 4 heterocycles. The maximum Gasteiger partial charge on any atom is 0.261 e. The third kappa shape index (κ3) is 4.69. The molecule has 194 valence electrons. The van der Waals surface area contributed by atoms with Gasteiger partial charge in [0.25, 0.3) is 5.56 Å². The van der Waals surface area contributed by atoms with Gasteiger partial charge in [-0.25, -0.2) is 4.98 Å². The fourth-order valence-electron chi connectivity index (χ4n) is 5.81. The van der Waals surface area contributed by atoms with Crippen molar-refractivity contribution < 1.29 is 0 Å². The number of hydrogen-bond donors (Lipinski definition) is 3. The normalized spacial score (nSPS) is 19.3. The number of rotatable bonds is 6. The van der Waals surface area contributed by atoms with E-state index in [0.29, 0.717) is 22.5 Å². The number of H-pyrrole nitrogens is 2. The van der Waals surface area contributed by atoms with E-state index in [0.717, 1.165) is 79.9 Å². The second-order valence-electron chi connectivity index (χ2n) is 10.3. The van der Waals surface area contributed by atoms with Crippen LogP contribution in [0.2, 0.25) is 5.02 Å². The number of pyridine rings is 1. The van der Waals surface area contributed by atoms with Crippen LogP contribution in [-0.4, -0.2) is 83.7 Å². The topological polar surface area (TPSA) is 83.3 Å². The molecule has 2 aromatic carbocycles. The fraction of sp³-hybridized carbons (Fsp3) is 0.429. The van der Waals surface area contributed by atoms with E-state index in [1.807, 2.05) is 18.2 Å². The first-order chi connectivity index (χ1) is 18.0. The van der Waals surface area contributed by atoms with Crippen molar-refractivity contribution in [1.82, 2.24) is 24.8 Å². The summed E-state index contributed by atoms with van der Waals surface area (Å²) >= 11 is 6.41. The summed E-state index contributed by atoms with van der Waals surface area (Å²) in [4.78, 5) is 32.1. The minimum Gasteiger partial charge on any atom is -0.382 e. The van der Waals surface area contributed by atoms with Crippen LogP contribution in [0.5, 0.6) is 0 Å². The zero-order chi connectivity index (χ0) is 25.5. The van der Waals surface area contributed by atoms with Crippen molar-refractivity contribution in [1.29, 1.82) is 0 Å². The summed E-state index contributed by atoms with van der Waals surface area (Å²) < 4.78 is 0. The Balaban J connectivity index is 1.41. The minimum absolute atomic E-state index is 0.172. The maximum absolute atomic E-state index is 13.5. The molecular weight excluding hydrogens is 486 g/mol. The number of nitrogens with one attached hydrogen (secondary N) is 3. The van der Waals surface area contributed by atoms with Gasteiger partial charge in [0, 0.05) is 54.9 Å². The molecule has 2 aromatic heterocycles. The lowest BCUT2D eigenvalue weighted by Gasteiger charge is -2.34. The molecule has 37 heavy (non-hydrogen) atoms. The second kappa shape index (κ2) is 10.0. The number of fused-ring (bicyclic) bond motifs is 2. The van der Waals surface area contributed by atoms with Gasteiger partial charge in [0.05, 0.1) is 22.2 Å². The molecule has 2 fully saturated rings. The van der Waals surface area contributed by atoms with E-state index < -0.39 is 0 Å². The molecule has 4 aromatic rings. The van der Waals surface area contributed by atoms with Crippen LogP contribution in [0.3, 0.4) is 0 Å². The lowest BCUT2D eigenvalue weighted by molar-refractivity contribution is 0.277. The van der Waals surface area contributed by atoms with Gasteiger partial charge in [-0.15, -0.1) is 0 Å². The van der Waals surface area contributed by atoms with Gasteiger partial charge in [0.15, 0.2) is 0 Å². The minimum atomic E-state index is -0.172. The van der Waals surface area contributed by atoms with Crippen LogP contribution in [0.4, 0.5) is 11.4 Å². The molecule has 3 N–H and O–H groups in total. The van der Waals surface area contributed by atoms with Crippen LogP contribution in [-0.2, 0) is 0 Å². The maximum atomic E-state index is 13.5. The third-order valence-electron chi connectivity index (χ3n) is 7.97. The van der Waals surface area contributed by atoms with Gasteiger partial charge in [0.2, 0.25) is 0 Å². The number of aromatic amines is 2. The predicted molar refractivity (Wildman–Crippen MR) is 153 cm³/mol. The zero-order valence-corrected chi connectivity index (χ0v) is 22.2. The Morgan fingerprint density at radius 3 is 2.70 bits per heavy atom. The molecule has 8 nitrogen and oxygen atoms in total. The Labute approximate surface area is 221 Å². The van der Waals surface area contributed by atoms with Gasteiger partial charge < -0.3 is 25.1 Å². The monoisotopic (exact) mass is 519 g/mol. The average molecular weight is 520 g/mol. The molecule has 1 atom stereocenters. The predicted octanol–water partition coefficient (Wildman–Crippen LogP) is 4.37. The highest BCUT2D eigenvalue weighted by Crippen LogP contribution is 2.33. The first kappa shape index (κ1) is 24.3. The van der Waals surface area contributed by atoms with Gasteiger partial charge >= 0.3 is 0 Å². The molecule has 0 amide bonds. The van der Waals surface area contributed by atoms with Crippen LogP contribution in [0, 0.1) is 0 Å². The summed E-state index contributed by atoms with van der Waals surface area (Å²) in [6, 6.07) is 12.3. The van der Waals surface area contributed by atoms with Crippen LogP contribution in [0.25, 0.3) is 33.3 Å². The number of aromatic nitrogens is 3. The molecule has 0 bridgehead atoms. The standard InChI is InChI=1S/C28H34ClN7O/c1-3-35-10-4-5-20(35)17-30-26-21-15-18(29)6-8-22(21)33-28(37)25(26)27-31-23-9-7-19(16-24(23)32-27)36-13-11-34(2)12-14-36/h6-9,15-16,20H,3-5,10-14,17H2,1-2H3,(H,31,32)(H2,30,33,37)/t20-/m1/s1. The SMILES string of the molecule is CCN1CCC[C@@H]1CNc1c(-c2nc3ccc(N4CCN(C)CC4)cc3[nH]2)c(=O)[nH]c2ccc(Cl)cc12. The van der Waals surface area contributed by atoms with E-state index in [4.69, 9.17) is 16.6 Å². The highest BCUT2D eigenvalue weighted by atomic mass is 35.5. The van der Waals surface area contributed by atoms with Crippen molar-refractivity contribution in [2.24, 2.45) is 0 Å². The Hall–Kier alpha value is -3.07. The number of benzene rings is 2. The van der Waals surface area contributed by atoms with Gasteiger partial charge in [-0.05, 0) is 69.4 Å². The van der Waals surface area contributed by atoms with E-state index in [2.05, 4.69) is 56.1 Å². The van der Waals surface area contributed by atoms with Crippen molar-refractivity contribution in [2.75, 3.05) is 63.1 Å². The Bertz CT molecular complexity index is 1490. The fourth-order valence-corrected chi connectivity index (χ4v) is 5.99. The first-order valence-electron chi connectivity index (χ1n) is 13.3. The molecule has 2 aliphatic heterocycles. The number of anilines is 2. The number of likely N-dealkylation sites (N-methyl/N-ethyl adjacent to an activating group) is 2. The van der Waals surface area contributed by atoms with Crippen molar-refractivity contribution in [3.63, 3.8) is 0 Å². The molecule has 0 saturated carbocycles. The largest absolute Gasteiger partial charge is 0.382 e. The van der Waals surface area contributed by atoms with Crippen molar-refractivity contribution in [3.05, 3.63) is 51.8 Å². The number of halogens is 1. The summed E-state index contributed by atoms with van der Waals surface area (Å²) in [5.41, 5.74) is 4.83. The first-order valence-corrected chi connectivity index (χ1v) is 13.6. The number of imidazole rings is 1. The highest BCUT2D eigenvalue weighted by molar-refractivity contribution is 6.31. The molecule has 0 aliphatic carbocycles. The van der Waals surface area contributed by atoms with E-state index in [1.165, 1.54) is 12.1 Å². The summed E-state index contributed by atoms with van der Waals surface area (Å²) in [7, 11) is 2.16. The average Bonchev–Trinajstić information content (AvgIpc) is 3.53. The summed E-state index contributed by atoms with van der Waals surface area (Å²) in [5.74, 6) is 0.565. The van der Waals surface area contributed by atoms with Crippen LogP contribution >= 0.6 is 11.6 Å². The second-order valence-corrected chi connectivity index (χ2v) is 10.7. The highest BCUT2D eigenvalue weighted by Gasteiger charge is 2.25. The van der Waals surface area contributed by atoms with Gasteiger partial charge in [0.1, 0.15) is 11.4 Å². The lowest BCUT2D eigenvalue weighted by Crippen LogP contribution is -2.44. The molecule has 6 rings (SSSR count). The van der Waals surface area contributed by atoms with Gasteiger partial charge in [-0.2, -0.15) is 0 Å². The Morgan fingerprint density at radius 2 is 1.89 bits per heavy atom. The van der Waals surface area contributed by atoms with Gasteiger partial charge in [-0.3, -0.25) is 9.69 Å². The third-order valence-corrected chi connectivity index (χ3v) is 8.20. The number of nitrogens with zero attached hydrogens (tertiary/aromatic N) is 4. The smallest absolute Gasteiger partial charge is 0.261 e. The van der Waals surface area contributed by atoms with E-state index >= 15 is 0 Å². The summed E-state index contributed by atoms with van der Waals surface area (Å²) in [6.07, 6.45) is 2.35. The molecule has 0 unspecified atom stereocenters. The molecule has 0 spiro atoms. The summed E-state index contributed by atoms with van der Waals surface area (Å²) in [6.45, 7) is 9.21. The van der Waals surface area contributed by atoms with Crippen LogP contribution in [0.1, 0.15) is 19.8 Å². The van der Waals surface area contributed by atoms with Crippen molar-refractivity contribution >= 4 is 44.9 Å². The number of likely N-dealkylation sites (tertiary alicyclic amines) is 1. The molecule has 2 aliphatic rings. The number of hydrogen-bond acceptors (Lipinski definition) is 6. The number of piperazine rings is 1. The molecule has 0 radical (unpaired) electrons. The molecular formula is C28H34ClN7O. The zero-order valence-electron chi connectivity index (χ0n) is 21.5. The quantitative estimate of drug-likeness (QED) is 0.351. The summed E-state index contributed by atoms with van der Waals surface area (Å²) in [5, 5.41) is 5.17. The lowest BCUT2D eigenvalue weighted by atomic mass is 10.1. The van der Waals surface area contributed by atoms with Crippen LogP contribution < -0.4 is 15.8 Å². The van der Waals surface area contributed by atoms with E-state index in [9.17, 15) is 4.79 Å². The molecule has 2 saturated heterocycles. The van der Waals surface area contributed by atoms with Gasteiger partial charge in [-0.1, -0.05) is 18.5 Å².